The Labute approximate surface area is 153 Å². The van der Waals surface area contributed by atoms with Gasteiger partial charge in [-0.1, -0.05) is 42.1 Å². The molecule has 1 aromatic carbocycles. The first kappa shape index (κ1) is 19.8. The number of aryl methyl sites for hydroxylation is 2. The van der Waals surface area contributed by atoms with Crippen LogP contribution < -0.4 is 18.9 Å². The van der Waals surface area contributed by atoms with Crippen LogP contribution in [0, 0.1) is 6.92 Å². The van der Waals surface area contributed by atoms with Gasteiger partial charge in [0, 0.05) is 9.77 Å². The predicted molar refractivity (Wildman–Crippen MR) is 88.9 cm³/mol. The smallest absolute Gasteiger partial charge is 0.545 e. The first-order chi connectivity index (χ1) is 9.99. The van der Waals surface area contributed by atoms with E-state index < -0.39 is 10.0 Å². The third kappa shape index (κ3) is 5.73. The number of thiophene rings is 1. The summed E-state index contributed by atoms with van der Waals surface area (Å²) in [7, 11) is -3.52. The van der Waals surface area contributed by atoms with E-state index in [2.05, 4.69) is 4.72 Å². The molecule has 0 radical (unpaired) electrons. The molecule has 0 saturated carbocycles. The van der Waals surface area contributed by atoms with E-state index in [1.165, 1.54) is 0 Å². The van der Waals surface area contributed by atoms with Gasteiger partial charge >= 0.3 is 18.9 Å². The molecule has 114 valence electrons. The molecule has 0 aliphatic carbocycles. The molecule has 3 nitrogen and oxygen atoms in total. The molecule has 0 aliphatic heterocycles. The van der Waals surface area contributed by atoms with Crippen LogP contribution in [0.1, 0.15) is 23.3 Å². The summed E-state index contributed by atoms with van der Waals surface area (Å²) in [5.74, 6) is 0. The van der Waals surface area contributed by atoms with Gasteiger partial charge in [0.25, 0.3) is 0 Å². The molecule has 0 atom stereocenters. The van der Waals surface area contributed by atoms with Crippen LogP contribution in [0.5, 0.6) is 0 Å². The van der Waals surface area contributed by atoms with Gasteiger partial charge in [-0.15, -0.1) is 17.9 Å². The van der Waals surface area contributed by atoms with Crippen molar-refractivity contribution in [2.75, 3.05) is 6.54 Å². The van der Waals surface area contributed by atoms with Crippen LogP contribution in [0.4, 0.5) is 0 Å². The third-order valence-corrected chi connectivity index (χ3v) is 5.92. The summed E-state index contributed by atoms with van der Waals surface area (Å²) in [6, 6.07) is 8.63. The maximum Gasteiger partial charge on any atom is 1.00 e. The van der Waals surface area contributed by atoms with Crippen molar-refractivity contribution in [2.24, 2.45) is 0 Å². The number of hydrogen-bond donors (Lipinski definition) is 0. The Kier molecular flexibility index (Phi) is 8.19. The first-order valence-electron chi connectivity index (χ1n) is 6.71. The Morgan fingerprint density at radius 2 is 1.82 bits per heavy atom. The molecule has 1 aromatic heterocycles. The van der Waals surface area contributed by atoms with Crippen molar-refractivity contribution in [1.29, 1.82) is 0 Å². The van der Waals surface area contributed by atoms with Crippen LogP contribution in [-0.4, -0.2) is 15.0 Å². The number of benzene rings is 1. The van der Waals surface area contributed by atoms with E-state index in [0.717, 1.165) is 34.7 Å². The van der Waals surface area contributed by atoms with E-state index in [9.17, 15) is 8.42 Å². The second-order valence-corrected chi connectivity index (χ2v) is 7.88. The molecule has 0 bridgehead atoms. The number of rotatable bonds is 7. The van der Waals surface area contributed by atoms with Crippen molar-refractivity contribution >= 4 is 33.0 Å². The van der Waals surface area contributed by atoms with Crippen LogP contribution in [0.15, 0.2) is 40.6 Å². The van der Waals surface area contributed by atoms with E-state index in [-0.39, 0.29) is 23.8 Å². The summed E-state index contributed by atoms with van der Waals surface area (Å²) in [5, 5.41) is 2.76. The molecular formula is C15H17ClLiNO2S2. The molecule has 1 heterocycles. The Morgan fingerprint density at radius 3 is 2.41 bits per heavy atom. The second kappa shape index (κ2) is 9.12. The maximum absolute atomic E-state index is 12.0. The van der Waals surface area contributed by atoms with Crippen LogP contribution >= 0.6 is 22.9 Å². The van der Waals surface area contributed by atoms with Gasteiger partial charge in [-0.05, 0) is 36.9 Å². The molecule has 2 aromatic rings. The summed E-state index contributed by atoms with van der Waals surface area (Å²) in [6.45, 7) is 2.24. The van der Waals surface area contributed by atoms with Crippen molar-refractivity contribution in [2.45, 2.75) is 31.1 Å². The third-order valence-electron chi connectivity index (χ3n) is 3.08. The second-order valence-electron chi connectivity index (χ2n) is 4.79. The van der Waals surface area contributed by atoms with Crippen LogP contribution in [-0.2, 0) is 16.4 Å². The average Bonchev–Trinajstić information content (AvgIpc) is 2.84. The predicted octanol–water partition coefficient (Wildman–Crippen LogP) is 1.80. The van der Waals surface area contributed by atoms with Crippen molar-refractivity contribution in [3.8, 4) is 0 Å². The Morgan fingerprint density at radius 1 is 1.14 bits per heavy atom. The SMILES string of the molecule is Cc1ccc(S(=O)(=O)[N-]CCCCc2sccc2Cl)cc1.[Li+]. The van der Waals surface area contributed by atoms with Gasteiger partial charge in [0.2, 0.25) is 0 Å². The fraction of sp³-hybridized carbons (Fsp3) is 0.333. The van der Waals surface area contributed by atoms with Gasteiger partial charge in [-0.3, -0.25) is 0 Å². The number of nitrogens with zero attached hydrogens (tertiary/aromatic N) is 1. The summed E-state index contributed by atoms with van der Waals surface area (Å²) in [6.07, 6.45) is 2.49. The summed E-state index contributed by atoms with van der Waals surface area (Å²) >= 11 is 7.64. The normalized spacial score (nSPS) is 11.2. The van der Waals surface area contributed by atoms with Gasteiger partial charge in [-0.2, -0.15) is 0 Å². The largest absolute Gasteiger partial charge is 1.00 e. The molecule has 2 rings (SSSR count). The summed E-state index contributed by atoms with van der Waals surface area (Å²) in [5.41, 5.74) is 1.03. The van der Waals surface area contributed by atoms with Crippen LogP contribution in [0.2, 0.25) is 5.02 Å². The number of halogens is 1. The minimum atomic E-state index is -3.52. The molecule has 7 heteroatoms. The molecule has 0 aliphatic rings. The number of sulfonamides is 1. The fourth-order valence-corrected chi connectivity index (χ4v) is 4.05. The molecular weight excluding hydrogens is 333 g/mol. The zero-order chi connectivity index (χ0) is 15.3. The molecule has 0 unspecified atom stereocenters. The summed E-state index contributed by atoms with van der Waals surface area (Å²) < 4.78 is 27.8. The number of unbranched alkanes of at least 4 members (excludes halogenated alkanes) is 1. The van der Waals surface area contributed by atoms with Gasteiger partial charge in [0.1, 0.15) is 10.0 Å². The van der Waals surface area contributed by atoms with Gasteiger partial charge in [0.15, 0.2) is 0 Å². The minimum absolute atomic E-state index is 0. The van der Waals surface area contributed by atoms with E-state index in [0.29, 0.717) is 6.54 Å². The zero-order valence-electron chi connectivity index (χ0n) is 12.8. The van der Waals surface area contributed by atoms with Crippen LogP contribution in [0.3, 0.4) is 0 Å². The zero-order valence-corrected chi connectivity index (χ0v) is 15.1. The first-order valence-corrected chi connectivity index (χ1v) is 9.41. The van der Waals surface area contributed by atoms with Gasteiger partial charge in [0.05, 0.1) is 5.02 Å². The average molecular weight is 350 g/mol. The monoisotopic (exact) mass is 349 g/mol. The molecule has 22 heavy (non-hydrogen) atoms. The Hall–Kier alpha value is -0.283. The maximum atomic E-state index is 12.0. The van der Waals surface area contributed by atoms with Crippen LogP contribution in [0.25, 0.3) is 4.72 Å². The van der Waals surface area contributed by atoms with E-state index in [1.54, 1.807) is 35.6 Å². The minimum Gasteiger partial charge on any atom is -0.545 e. The Balaban J connectivity index is 0.00000242. The molecule has 0 N–H and O–H groups in total. The van der Waals surface area contributed by atoms with E-state index in [4.69, 9.17) is 11.6 Å². The van der Waals surface area contributed by atoms with Gasteiger partial charge in [-0.25, -0.2) is 8.42 Å². The molecule has 0 amide bonds. The topological polar surface area (TPSA) is 48.2 Å². The Bertz CT molecular complexity index is 684. The van der Waals surface area contributed by atoms with Crippen molar-refractivity contribution in [3.63, 3.8) is 0 Å². The standard InChI is InChI=1S/C15H17ClNO2S2.Li/c1-12-5-7-13(8-6-12)21(18,19)17-10-3-2-4-15-14(16)9-11-20-15;/h5-9,11H,2-4,10H2,1H3;/q-1;+1. The molecule has 0 fully saturated rings. The van der Waals surface area contributed by atoms with Crippen molar-refractivity contribution < 1.29 is 27.3 Å². The van der Waals surface area contributed by atoms with Crippen molar-refractivity contribution in [1.82, 2.24) is 0 Å². The van der Waals surface area contributed by atoms with Gasteiger partial charge < -0.3 is 4.72 Å². The quantitative estimate of drug-likeness (QED) is 0.565. The van der Waals surface area contributed by atoms with E-state index in [1.807, 2.05) is 18.4 Å². The summed E-state index contributed by atoms with van der Waals surface area (Å²) in [4.78, 5) is 1.41. The fourth-order valence-electron chi connectivity index (χ4n) is 1.87. The number of hydrogen-bond acceptors (Lipinski definition) is 3. The molecule has 0 spiro atoms. The molecule has 0 saturated heterocycles. The van der Waals surface area contributed by atoms with Crippen molar-refractivity contribution in [3.05, 3.63) is 55.9 Å². The van der Waals surface area contributed by atoms with E-state index >= 15 is 0 Å².